The Bertz CT molecular complexity index is 2010. The van der Waals surface area contributed by atoms with Gasteiger partial charge in [0.15, 0.2) is 17.1 Å². The Morgan fingerprint density at radius 3 is 2.46 bits per heavy atom. The van der Waals surface area contributed by atoms with Crippen molar-refractivity contribution in [2.45, 2.75) is 88.8 Å². The van der Waals surface area contributed by atoms with E-state index in [9.17, 15) is 14.9 Å². The van der Waals surface area contributed by atoms with Gasteiger partial charge in [0, 0.05) is 62.8 Å². The average molecular weight is 766 g/mol. The Kier molecular flexibility index (Phi) is 11.4. The van der Waals surface area contributed by atoms with Crippen LogP contribution in [-0.4, -0.2) is 106 Å². The number of nitrogens with zero attached hydrogens (tertiary/aromatic N) is 8. The summed E-state index contributed by atoms with van der Waals surface area (Å²) < 4.78 is 13.2. The van der Waals surface area contributed by atoms with Crippen molar-refractivity contribution in [3.05, 3.63) is 75.7 Å². The first-order chi connectivity index (χ1) is 27.4. The number of nitrogens with one attached hydrogen (secondary N) is 1. The van der Waals surface area contributed by atoms with E-state index in [1.165, 1.54) is 55.6 Å². The van der Waals surface area contributed by atoms with Gasteiger partial charge in [0.1, 0.15) is 12.1 Å². The summed E-state index contributed by atoms with van der Waals surface area (Å²) in [6, 6.07) is 11.8. The van der Waals surface area contributed by atoms with Gasteiger partial charge < -0.3 is 24.6 Å². The molecule has 8 rings (SSSR count). The molecule has 1 saturated heterocycles. The van der Waals surface area contributed by atoms with Crippen LogP contribution in [0, 0.1) is 16.0 Å². The molecule has 4 heterocycles. The van der Waals surface area contributed by atoms with E-state index in [4.69, 9.17) is 9.47 Å². The third-order valence-electron chi connectivity index (χ3n) is 13.0. The van der Waals surface area contributed by atoms with Crippen LogP contribution >= 0.6 is 0 Å². The molecule has 56 heavy (non-hydrogen) atoms. The molecule has 4 aromatic rings. The first kappa shape index (κ1) is 38.1. The number of amides is 1. The van der Waals surface area contributed by atoms with Crippen LogP contribution in [0.2, 0.25) is 0 Å². The number of para-hydroxylation sites is 1. The molecule has 1 N–H and O–H groups in total. The number of piperazine rings is 1. The lowest BCUT2D eigenvalue weighted by Crippen LogP contribution is -2.55. The molecule has 2 saturated carbocycles. The molecule has 0 radical (unpaired) electrons. The standard InChI is InChI=1S/C42H55N9O5/c1-55-37-25-31-15-20-49(19-8-18-43-33-10-4-3-5-11-33)42(35(31)26-38(37)56-2)16-13-30(14-17-42)41(52)48-23-21-47(22-24-48)39-34-27-46-50(40(34)45-29-44-39)28-32-9-6-7-12-36(32)51(53)54/h6-7,9,12,25-27,29-30,33,43H,3-5,8,10-11,13-24,28H2,1-2H3/t30-,42-. The molecule has 0 atom stereocenters. The number of anilines is 1. The van der Waals surface area contributed by atoms with Crippen LogP contribution in [0.25, 0.3) is 11.0 Å². The highest BCUT2D eigenvalue weighted by atomic mass is 16.6. The highest BCUT2D eigenvalue weighted by Crippen LogP contribution is 2.50. The summed E-state index contributed by atoms with van der Waals surface area (Å²) >= 11 is 0. The Morgan fingerprint density at radius 1 is 0.964 bits per heavy atom. The summed E-state index contributed by atoms with van der Waals surface area (Å²) in [5, 5.41) is 20.8. The first-order valence-corrected chi connectivity index (χ1v) is 20.5. The number of ether oxygens (including phenoxy) is 2. The lowest BCUT2D eigenvalue weighted by Gasteiger charge is -2.52. The zero-order valence-electron chi connectivity index (χ0n) is 32.8. The van der Waals surface area contributed by atoms with Gasteiger partial charge in [-0.15, -0.1) is 0 Å². The van der Waals surface area contributed by atoms with E-state index in [0.717, 1.165) is 80.9 Å². The van der Waals surface area contributed by atoms with E-state index in [1.807, 2.05) is 4.90 Å². The van der Waals surface area contributed by atoms with Crippen molar-refractivity contribution in [1.29, 1.82) is 0 Å². The number of hydrogen-bond acceptors (Lipinski definition) is 11. The normalized spacial score (nSPS) is 22.0. The van der Waals surface area contributed by atoms with Gasteiger partial charge in [-0.1, -0.05) is 37.5 Å². The van der Waals surface area contributed by atoms with E-state index < -0.39 is 0 Å². The van der Waals surface area contributed by atoms with Crippen LogP contribution in [0.15, 0.2) is 48.9 Å². The number of fused-ring (bicyclic) bond motifs is 3. The van der Waals surface area contributed by atoms with E-state index in [1.54, 1.807) is 43.3 Å². The number of carbonyl (C=O) groups excluding carboxylic acids is 1. The van der Waals surface area contributed by atoms with E-state index in [0.29, 0.717) is 43.4 Å². The van der Waals surface area contributed by atoms with Crippen molar-refractivity contribution in [2.75, 3.05) is 64.9 Å². The SMILES string of the molecule is COc1cc2c(cc1OC)[C@]1(CC[C@@H](C(=O)N3CCN(c4ncnc5c4cnn5Cc4ccccc4[N+](=O)[O-])CC3)CC1)N(CCCNC1CCCCC1)CC2. The number of nitro groups is 1. The summed E-state index contributed by atoms with van der Waals surface area (Å²) in [5.74, 6) is 2.59. The maximum absolute atomic E-state index is 14.2. The maximum Gasteiger partial charge on any atom is 0.274 e. The van der Waals surface area contributed by atoms with Crippen molar-refractivity contribution >= 4 is 28.4 Å². The summed E-state index contributed by atoms with van der Waals surface area (Å²) in [4.78, 5) is 41.5. The van der Waals surface area contributed by atoms with Gasteiger partial charge >= 0.3 is 0 Å². The molecule has 14 nitrogen and oxygen atoms in total. The second-order valence-electron chi connectivity index (χ2n) is 16.0. The minimum absolute atomic E-state index is 0.00135. The topological polar surface area (TPSA) is 144 Å². The molecule has 1 amide bonds. The van der Waals surface area contributed by atoms with Crippen molar-refractivity contribution in [2.24, 2.45) is 5.92 Å². The summed E-state index contributed by atoms with van der Waals surface area (Å²) in [7, 11) is 3.42. The third-order valence-corrected chi connectivity index (χ3v) is 13.0. The van der Waals surface area contributed by atoms with Crippen LogP contribution in [-0.2, 0) is 23.3 Å². The number of methoxy groups -OCH3 is 2. The van der Waals surface area contributed by atoms with Crippen LogP contribution in [0.1, 0.15) is 80.9 Å². The number of rotatable bonds is 12. The van der Waals surface area contributed by atoms with Gasteiger partial charge in [-0.3, -0.25) is 19.8 Å². The Balaban J connectivity index is 0.921. The second-order valence-corrected chi connectivity index (χ2v) is 16.0. The minimum atomic E-state index is -0.371. The van der Waals surface area contributed by atoms with Crippen LogP contribution < -0.4 is 19.7 Å². The molecule has 0 unspecified atom stereocenters. The summed E-state index contributed by atoms with van der Waals surface area (Å²) in [5.41, 5.74) is 3.80. The van der Waals surface area contributed by atoms with Crippen molar-refractivity contribution in [3.63, 3.8) is 0 Å². The number of nitro benzene ring substituents is 1. The number of hydrogen-bond donors (Lipinski definition) is 1. The third kappa shape index (κ3) is 7.52. The Morgan fingerprint density at radius 2 is 1.71 bits per heavy atom. The van der Waals surface area contributed by atoms with Crippen molar-refractivity contribution in [3.8, 4) is 11.5 Å². The molecule has 2 aliphatic carbocycles. The highest BCUT2D eigenvalue weighted by Gasteiger charge is 2.47. The summed E-state index contributed by atoms with van der Waals surface area (Å²) in [6.45, 7) is 5.87. The number of benzene rings is 2. The Labute approximate surface area is 328 Å². The van der Waals surface area contributed by atoms with Gasteiger partial charge in [-0.2, -0.15) is 5.10 Å². The first-order valence-electron chi connectivity index (χ1n) is 20.5. The van der Waals surface area contributed by atoms with Gasteiger partial charge in [-0.25, -0.2) is 14.6 Å². The number of aromatic nitrogens is 4. The predicted octanol–water partition coefficient (Wildman–Crippen LogP) is 5.70. The highest BCUT2D eigenvalue weighted by molar-refractivity contribution is 5.87. The minimum Gasteiger partial charge on any atom is -0.493 e. The monoisotopic (exact) mass is 765 g/mol. The maximum atomic E-state index is 14.2. The lowest BCUT2D eigenvalue weighted by molar-refractivity contribution is -0.385. The summed E-state index contributed by atoms with van der Waals surface area (Å²) in [6.07, 6.45) is 15.6. The van der Waals surface area contributed by atoms with Gasteiger partial charge in [0.25, 0.3) is 5.69 Å². The molecule has 14 heteroatoms. The smallest absolute Gasteiger partial charge is 0.274 e. The van der Waals surface area contributed by atoms with Gasteiger partial charge in [0.2, 0.25) is 5.91 Å². The molecular weight excluding hydrogens is 711 g/mol. The molecule has 298 valence electrons. The lowest BCUT2D eigenvalue weighted by atomic mass is 9.68. The molecule has 4 aliphatic rings. The van der Waals surface area contributed by atoms with Crippen molar-refractivity contribution < 1.29 is 19.2 Å². The molecule has 2 aliphatic heterocycles. The fraction of sp³-hybridized carbons (Fsp3) is 0.571. The van der Waals surface area contributed by atoms with Crippen LogP contribution in [0.5, 0.6) is 11.5 Å². The molecular formula is C42H55N9O5. The fourth-order valence-corrected chi connectivity index (χ4v) is 9.97. The second kappa shape index (κ2) is 16.7. The Hall–Kier alpha value is -4.82. The van der Waals surface area contributed by atoms with Gasteiger partial charge in [-0.05, 0) is 81.2 Å². The quantitative estimate of drug-likeness (QED) is 0.108. The molecule has 3 fully saturated rings. The molecule has 2 aromatic heterocycles. The van der Waals surface area contributed by atoms with Crippen molar-refractivity contribution in [1.82, 2.24) is 34.9 Å². The van der Waals surface area contributed by atoms with Crippen LogP contribution in [0.4, 0.5) is 11.5 Å². The zero-order valence-corrected chi connectivity index (χ0v) is 32.8. The van der Waals surface area contributed by atoms with E-state index >= 15 is 0 Å². The molecule has 1 spiro atoms. The fourth-order valence-electron chi connectivity index (χ4n) is 9.97. The zero-order chi connectivity index (χ0) is 38.6. The largest absolute Gasteiger partial charge is 0.493 e. The van der Waals surface area contributed by atoms with E-state index in [-0.39, 0.29) is 34.5 Å². The number of carbonyl (C=O) groups is 1. The molecule has 2 aromatic carbocycles. The van der Waals surface area contributed by atoms with Crippen LogP contribution in [0.3, 0.4) is 0 Å². The predicted molar refractivity (Wildman–Crippen MR) is 214 cm³/mol. The average Bonchev–Trinajstić information content (AvgIpc) is 3.66. The van der Waals surface area contributed by atoms with Gasteiger partial charge in [0.05, 0.1) is 42.8 Å². The molecule has 0 bridgehead atoms. The van der Waals surface area contributed by atoms with E-state index in [2.05, 4.69) is 42.3 Å².